The highest BCUT2D eigenvalue weighted by Crippen LogP contribution is 2.32. The van der Waals surface area contributed by atoms with Crippen molar-refractivity contribution in [2.75, 3.05) is 11.9 Å². The fraction of sp³-hybridized carbons (Fsp3) is 0.750. The molecular formula is C12H21N5O2. The van der Waals surface area contributed by atoms with Gasteiger partial charge in [0.05, 0.1) is 4.92 Å². The van der Waals surface area contributed by atoms with Crippen LogP contribution in [0.4, 0.5) is 11.5 Å². The normalized spacial score (nSPS) is 17.6. The first-order valence-electron chi connectivity index (χ1n) is 6.69. The van der Waals surface area contributed by atoms with Crippen molar-refractivity contribution in [2.45, 2.75) is 38.6 Å². The molecule has 7 heteroatoms. The maximum absolute atomic E-state index is 11.1. The van der Waals surface area contributed by atoms with Crippen LogP contribution in [-0.4, -0.2) is 27.3 Å². The first-order chi connectivity index (χ1) is 9.04. The lowest BCUT2D eigenvalue weighted by atomic mass is 9.98. The van der Waals surface area contributed by atoms with E-state index in [9.17, 15) is 10.1 Å². The van der Waals surface area contributed by atoms with Crippen LogP contribution in [0.3, 0.4) is 0 Å². The van der Waals surface area contributed by atoms with E-state index < -0.39 is 0 Å². The van der Waals surface area contributed by atoms with Crippen molar-refractivity contribution >= 4 is 11.5 Å². The lowest BCUT2D eigenvalue weighted by Gasteiger charge is -2.23. The smallest absolute Gasteiger partial charge is 0.333 e. The van der Waals surface area contributed by atoms with E-state index in [1.165, 1.54) is 17.5 Å². The number of nitro groups is 1. The Labute approximate surface area is 112 Å². The second-order valence-corrected chi connectivity index (χ2v) is 5.19. The molecule has 0 aliphatic heterocycles. The fourth-order valence-electron chi connectivity index (χ4n) is 2.93. The second kappa shape index (κ2) is 5.56. The summed E-state index contributed by atoms with van der Waals surface area (Å²) in [6, 6.07) is 0.0796. The number of aryl methyl sites for hydroxylation is 2. The van der Waals surface area contributed by atoms with Gasteiger partial charge >= 0.3 is 5.69 Å². The zero-order valence-corrected chi connectivity index (χ0v) is 11.4. The molecular weight excluding hydrogens is 246 g/mol. The molecule has 0 bridgehead atoms. The van der Waals surface area contributed by atoms with Gasteiger partial charge in [-0.15, -0.1) is 0 Å². The second-order valence-electron chi connectivity index (χ2n) is 5.19. The summed E-state index contributed by atoms with van der Waals surface area (Å²) in [4.78, 5) is 10.7. The Bertz CT molecular complexity index is 465. The Hall–Kier alpha value is -1.63. The molecule has 1 aliphatic carbocycles. The molecule has 0 saturated heterocycles. The van der Waals surface area contributed by atoms with Gasteiger partial charge in [0.1, 0.15) is 5.69 Å². The van der Waals surface area contributed by atoms with Crippen LogP contribution in [0.2, 0.25) is 0 Å². The molecule has 1 aromatic rings. The van der Waals surface area contributed by atoms with Gasteiger partial charge in [-0.3, -0.25) is 10.1 Å². The summed E-state index contributed by atoms with van der Waals surface area (Å²) in [6.45, 7) is 2.13. The minimum absolute atomic E-state index is 0.0546. The van der Waals surface area contributed by atoms with Crippen molar-refractivity contribution in [1.82, 2.24) is 9.78 Å². The van der Waals surface area contributed by atoms with Gasteiger partial charge < -0.3 is 11.1 Å². The van der Waals surface area contributed by atoms with Gasteiger partial charge in [0, 0.05) is 19.6 Å². The first-order valence-corrected chi connectivity index (χ1v) is 6.69. The van der Waals surface area contributed by atoms with Crippen molar-refractivity contribution in [2.24, 2.45) is 18.7 Å². The van der Waals surface area contributed by atoms with Crippen LogP contribution in [0, 0.1) is 23.0 Å². The summed E-state index contributed by atoms with van der Waals surface area (Å²) < 4.78 is 1.53. The molecule has 0 amide bonds. The molecule has 1 fully saturated rings. The van der Waals surface area contributed by atoms with Crippen LogP contribution in [0.1, 0.15) is 31.4 Å². The van der Waals surface area contributed by atoms with Crippen LogP contribution >= 0.6 is 0 Å². The topological polar surface area (TPSA) is 99.0 Å². The Morgan fingerprint density at radius 3 is 2.74 bits per heavy atom. The predicted molar refractivity (Wildman–Crippen MR) is 73.0 cm³/mol. The zero-order chi connectivity index (χ0) is 14.0. The number of rotatable bonds is 5. The number of aromatic nitrogens is 2. The van der Waals surface area contributed by atoms with Crippen LogP contribution in [-0.2, 0) is 7.05 Å². The van der Waals surface area contributed by atoms with E-state index >= 15 is 0 Å². The number of nitrogens with one attached hydrogen (secondary N) is 1. The van der Waals surface area contributed by atoms with Gasteiger partial charge in [-0.2, -0.15) is 5.10 Å². The summed E-state index contributed by atoms with van der Waals surface area (Å²) in [5, 5.41) is 18.5. The standard InChI is InChI=1S/C12H21N5O2/c1-8-11(17(18)19)12(16(2)15-8)14-10(7-13)9-5-3-4-6-9/h9-10,14H,3-7,13H2,1-2H3. The van der Waals surface area contributed by atoms with E-state index in [1.54, 1.807) is 14.0 Å². The minimum atomic E-state index is -0.382. The van der Waals surface area contributed by atoms with E-state index in [2.05, 4.69) is 10.4 Å². The molecule has 0 radical (unpaired) electrons. The molecule has 0 spiro atoms. The first kappa shape index (κ1) is 13.8. The average Bonchev–Trinajstić information content (AvgIpc) is 2.94. The largest absolute Gasteiger partial charge is 0.360 e. The summed E-state index contributed by atoms with van der Waals surface area (Å²) in [5.41, 5.74) is 6.30. The number of nitrogens with two attached hydrogens (primary N) is 1. The van der Waals surface area contributed by atoms with Gasteiger partial charge in [-0.05, 0) is 25.7 Å². The molecule has 1 saturated carbocycles. The van der Waals surface area contributed by atoms with E-state index in [0.29, 0.717) is 24.0 Å². The Balaban J connectivity index is 2.23. The Kier molecular flexibility index (Phi) is 4.04. The number of nitrogens with zero attached hydrogens (tertiary/aromatic N) is 3. The molecule has 1 unspecified atom stereocenters. The number of hydrogen-bond donors (Lipinski definition) is 2. The van der Waals surface area contributed by atoms with Crippen molar-refractivity contribution in [3.63, 3.8) is 0 Å². The molecule has 2 rings (SSSR count). The molecule has 1 aromatic heterocycles. The lowest BCUT2D eigenvalue weighted by molar-refractivity contribution is -0.384. The van der Waals surface area contributed by atoms with E-state index in [1.807, 2.05) is 0 Å². The molecule has 7 nitrogen and oxygen atoms in total. The summed E-state index contributed by atoms with van der Waals surface area (Å²) in [5.74, 6) is 0.963. The Morgan fingerprint density at radius 2 is 2.21 bits per heavy atom. The Morgan fingerprint density at radius 1 is 1.58 bits per heavy atom. The monoisotopic (exact) mass is 267 g/mol. The third kappa shape index (κ3) is 2.70. The maximum Gasteiger partial charge on any atom is 0.333 e. The van der Waals surface area contributed by atoms with Crippen LogP contribution in [0.5, 0.6) is 0 Å². The van der Waals surface area contributed by atoms with Gasteiger partial charge in [0.25, 0.3) is 0 Å². The van der Waals surface area contributed by atoms with Crippen molar-refractivity contribution in [1.29, 1.82) is 0 Å². The van der Waals surface area contributed by atoms with E-state index in [0.717, 1.165) is 12.8 Å². The molecule has 19 heavy (non-hydrogen) atoms. The van der Waals surface area contributed by atoms with Crippen LogP contribution in [0.15, 0.2) is 0 Å². The molecule has 106 valence electrons. The van der Waals surface area contributed by atoms with E-state index in [-0.39, 0.29) is 16.7 Å². The fourth-order valence-corrected chi connectivity index (χ4v) is 2.93. The van der Waals surface area contributed by atoms with Crippen molar-refractivity contribution in [3.05, 3.63) is 15.8 Å². The lowest BCUT2D eigenvalue weighted by Crippen LogP contribution is -2.36. The highest BCUT2D eigenvalue weighted by Gasteiger charge is 2.29. The number of hydrogen-bond acceptors (Lipinski definition) is 5. The summed E-state index contributed by atoms with van der Waals surface area (Å²) >= 11 is 0. The van der Waals surface area contributed by atoms with E-state index in [4.69, 9.17) is 5.73 Å². The highest BCUT2D eigenvalue weighted by molar-refractivity contribution is 5.60. The molecule has 1 heterocycles. The zero-order valence-electron chi connectivity index (χ0n) is 11.4. The van der Waals surface area contributed by atoms with Gasteiger partial charge in [-0.1, -0.05) is 12.8 Å². The highest BCUT2D eigenvalue weighted by atomic mass is 16.6. The van der Waals surface area contributed by atoms with Crippen molar-refractivity contribution < 1.29 is 4.92 Å². The minimum Gasteiger partial charge on any atom is -0.360 e. The van der Waals surface area contributed by atoms with Gasteiger partial charge in [-0.25, -0.2) is 4.68 Å². The molecule has 1 atom stereocenters. The molecule has 3 N–H and O–H groups in total. The third-order valence-corrected chi connectivity index (χ3v) is 3.92. The number of anilines is 1. The van der Waals surface area contributed by atoms with Crippen molar-refractivity contribution in [3.8, 4) is 0 Å². The SMILES string of the molecule is Cc1nn(C)c(NC(CN)C2CCCC2)c1[N+](=O)[O-]. The van der Waals surface area contributed by atoms with Crippen LogP contribution < -0.4 is 11.1 Å². The maximum atomic E-state index is 11.1. The third-order valence-electron chi connectivity index (χ3n) is 3.92. The predicted octanol–water partition coefficient (Wildman–Crippen LogP) is 1.57. The van der Waals surface area contributed by atoms with Gasteiger partial charge in [0.15, 0.2) is 0 Å². The molecule has 0 aromatic carbocycles. The van der Waals surface area contributed by atoms with Crippen LogP contribution in [0.25, 0.3) is 0 Å². The molecule has 1 aliphatic rings. The van der Waals surface area contributed by atoms with Gasteiger partial charge in [0.2, 0.25) is 5.82 Å². The average molecular weight is 267 g/mol. The quantitative estimate of drug-likeness (QED) is 0.623. The summed E-state index contributed by atoms with van der Waals surface area (Å²) in [7, 11) is 1.71. The summed E-state index contributed by atoms with van der Waals surface area (Å²) in [6.07, 6.45) is 4.71.